The third-order valence-corrected chi connectivity index (χ3v) is 11.7. The normalized spacial score (nSPS) is 40.4. The smallest absolute Gasteiger partial charge is 0.382 e. The zero-order chi connectivity index (χ0) is 33.0. The Hall–Kier alpha value is -3.36. The lowest BCUT2D eigenvalue weighted by Gasteiger charge is -2.31. The molecule has 8 rings (SSSR count). The van der Waals surface area contributed by atoms with Crippen LogP contribution in [0, 0.1) is 17.8 Å². The van der Waals surface area contributed by atoms with E-state index in [9.17, 15) is 23.7 Å². The summed E-state index contributed by atoms with van der Waals surface area (Å²) in [6.45, 7) is 0.899. The number of nitrogens with one attached hydrogen (secondary N) is 1. The van der Waals surface area contributed by atoms with Crippen molar-refractivity contribution in [3.63, 3.8) is 0 Å². The molecule has 2 unspecified atom stereocenters. The molecule has 11 atom stereocenters. The Labute approximate surface area is 263 Å². The van der Waals surface area contributed by atoms with Crippen molar-refractivity contribution in [2.75, 3.05) is 31.8 Å². The van der Waals surface area contributed by atoms with Gasteiger partial charge in [0.1, 0.15) is 30.2 Å². The number of hydrogen-bond acceptors (Lipinski definition) is 16. The van der Waals surface area contributed by atoms with Crippen molar-refractivity contribution < 1.29 is 46.5 Å². The summed E-state index contributed by atoms with van der Waals surface area (Å²) in [5.41, 5.74) is 11.2. The number of aromatic nitrogens is 8. The van der Waals surface area contributed by atoms with Gasteiger partial charge in [0.15, 0.2) is 28.9 Å². The van der Waals surface area contributed by atoms with Gasteiger partial charge < -0.3 is 35.3 Å². The first-order valence-corrected chi connectivity index (χ1v) is 17.5. The van der Waals surface area contributed by atoms with E-state index in [1.165, 1.54) is 24.3 Å². The zero-order valence-electron chi connectivity index (χ0n) is 24.7. The van der Waals surface area contributed by atoms with Crippen LogP contribution in [0.15, 0.2) is 23.8 Å². The predicted molar refractivity (Wildman–Crippen MR) is 157 cm³/mol. The SMILES string of the molecule is CO[C@H]1[C@H]2OP(=O)(O)OC[C@@H]3[C@@H](OP(=O)(O)OC[C@H]1O[C@H]2n1cnc2c(=O)[nH]c(N)nc21)[C@@H](C)[C@]1(n2cnc4c(N)ncnc42)C[C@@H]31. The van der Waals surface area contributed by atoms with E-state index in [2.05, 4.69) is 29.9 Å². The van der Waals surface area contributed by atoms with Crippen molar-refractivity contribution >= 4 is 49.7 Å². The molecule has 252 valence electrons. The fraction of sp³-hybridized carbons (Fsp3) is 0.583. The molecule has 4 aromatic rings. The summed E-state index contributed by atoms with van der Waals surface area (Å²) in [5.74, 6) is -1.36. The molecule has 23 heteroatoms. The Morgan fingerprint density at radius 2 is 1.74 bits per heavy atom. The van der Waals surface area contributed by atoms with E-state index < -0.39 is 75.8 Å². The molecule has 2 aliphatic carbocycles. The molecule has 0 amide bonds. The Morgan fingerprint density at radius 3 is 2.51 bits per heavy atom. The maximum Gasteiger partial charge on any atom is 0.472 e. The fourth-order valence-electron chi connectivity index (χ4n) is 7.57. The molecule has 0 aromatic carbocycles. The van der Waals surface area contributed by atoms with Crippen LogP contribution in [0.25, 0.3) is 22.3 Å². The lowest BCUT2D eigenvalue weighted by molar-refractivity contribution is -0.0601. The standard InChI is InChI=1S/C24H30N10O11P2/c1-9-15-10(11-3-24(9,11)34-8-30-13-18(25)27-6-28-19(13)34)4-41-46(36,37)45-17-16(40-2)12(5-42-47(38,39)44-15)43-22(17)33-7-29-14-20(33)31-23(26)32-21(14)35/h6-12,15-17,22H,3-5H2,1-2H3,(H,36,37)(H,38,39)(H2,25,27,28)(H3,26,31,32,35)/t9-,10+,11+,12-,15+,16-,17-,22-,24-/m1/s1. The average molecular weight is 697 g/mol. The van der Waals surface area contributed by atoms with Crippen LogP contribution >= 0.6 is 15.6 Å². The average Bonchev–Trinajstić information content (AvgIpc) is 3.30. The van der Waals surface area contributed by atoms with Crippen LogP contribution in [0.4, 0.5) is 11.8 Å². The number of phosphoric acid groups is 2. The molecule has 4 aromatic heterocycles. The quantitative estimate of drug-likeness (QED) is 0.177. The number of phosphoric ester groups is 2. The first-order valence-electron chi connectivity index (χ1n) is 14.5. The van der Waals surface area contributed by atoms with Crippen LogP contribution in [0.5, 0.6) is 0 Å². The van der Waals surface area contributed by atoms with Crippen LogP contribution in [0.1, 0.15) is 19.6 Å². The van der Waals surface area contributed by atoms with Gasteiger partial charge in [-0.2, -0.15) is 4.98 Å². The summed E-state index contributed by atoms with van der Waals surface area (Å²) < 4.78 is 64.4. The summed E-state index contributed by atoms with van der Waals surface area (Å²) in [6.07, 6.45) is -1.24. The van der Waals surface area contributed by atoms with Gasteiger partial charge in [-0.05, 0) is 12.3 Å². The minimum atomic E-state index is -4.90. The number of aromatic amines is 1. The van der Waals surface area contributed by atoms with Crippen LogP contribution in [-0.2, 0) is 42.2 Å². The summed E-state index contributed by atoms with van der Waals surface area (Å²) >= 11 is 0. The number of nitrogens with two attached hydrogens (primary N) is 2. The molecule has 6 heterocycles. The number of anilines is 2. The summed E-state index contributed by atoms with van der Waals surface area (Å²) in [5, 5.41) is 0. The van der Waals surface area contributed by atoms with E-state index in [4.69, 9.17) is 39.0 Å². The van der Waals surface area contributed by atoms with Crippen molar-refractivity contribution in [1.82, 2.24) is 39.0 Å². The lowest BCUT2D eigenvalue weighted by Crippen LogP contribution is -2.37. The number of hydrogen-bond donors (Lipinski definition) is 5. The second kappa shape index (κ2) is 10.6. The summed E-state index contributed by atoms with van der Waals surface area (Å²) in [6, 6.07) is 0. The lowest BCUT2D eigenvalue weighted by atomic mass is 9.94. The van der Waals surface area contributed by atoms with Gasteiger partial charge >= 0.3 is 15.6 Å². The molecular weight excluding hydrogens is 666 g/mol. The third-order valence-electron chi connectivity index (χ3n) is 9.68. The monoisotopic (exact) mass is 696 g/mol. The van der Waals surface area contributed by atoms with Crippen LogP contribution < -0.4 is 17.0 Å². The first kappa shape index (κ1) is 30.9. The molecule has 2 saturated heterocycles. The molecule has 4 fully saturated rings. The van der Waals surface area contributed by atoms with Gasteiger partial charge in [0, 0.05) is 18.9 Å². The number of fused-ring (bicyclic) bond motifs is 7. The Balaban J connectivity index is 1.15. The van der Waals surface area contributed by atoms with Crippen molar-refractivity contribution in [1.29, 1.82) is 0 Å². The summed E-state index contributed by atoms with van der Waals surface area (Å²) in [7, 11) is -8.39. The molecule has 47 heavy (non-hydrogen) atoms. The van der Waals surface area contributed by atoms with Crippen LogP contribution in [0.3, 0.4) is 0 Å². The van der Waals surface area contributed by atoms with E-state index in [0.717, 1.165) is 0 Å². The number of nitrogen functional groups attached to an aromatic ring is 2. The number of ether oxygens (including phenoxy) is 2. The molecular formula is C24H30N10O11P2. The van der Waals surface area contributed by atoms with E-state index in [0.29, 0.717) is 17.6 Å². The minimum Gasteiger partial charge on any atom is -0.382 e. The number of nitrogens with zero attached hydrogens (tertiary/aromatic N) is 7. The van der Waals surface area contributed by atoms with Crippen molar-refractivity contribution in [2.45, 2.75) is 49.5 Å². The van der Waals surface area contributed by atoms with Crippen molar-refractivity contribution in [3.8, 4) is 0 Å². The van der Waals surface area contributed by atoms with Gasteiger partial charge in [-0.1, -0.05) is 6.92 Å². The van der Waals surface area contributed by atoms with Crippen molar-refractivity contribution in [3.05, 3.63) is 29.3 Å². The summed E-state index contributed by atoms with van der Waals surface area (Å²) in [4.78, 5) is 57.7. The zero-order valence-corrected chi connectivity index (χ0v) is 26.5. The van der Waals surface area contributed by atoms with Gasteiger partial charge in [0.25, 0.3) is 5.56 Å². The molecule has 2 aliphatic heterocycles. The molecule has 21 nitrogen and oxygen atoms in total. The predicted octanol–water partition coefficient (Wildman–Crippen LogP) is 0.0354. The van der Waals surface area contributed by atoms with Crippen molar-refractivity contribution in [2.24, 2.45) is 17.8 Å². The second-order valence-electron chi connectivity index (χ2n) is 12.0. The van der Waals surface area contributed by atoms with E-state index in [-0.39, 0.29) is 35.5 Å². The van der Waals surface area contributed by atoms with E-state index in [1.54, 1.807) is 6.33 Å². The molecule has 2 saturated carbocycles. The van der Waals surface area contributed by atoms with E-state index >= 15 is 0 Å². The van der Waals surface area contributed by atoms with Gasteiger partial charge in [0.2, 0.25) is 5.95 Å². The third kappa shape index (κ3) is 4.76. The molecule has 7 N–H and O–H groups in total. The first-order chi connectivity index (χ1) is 22.3. The Kier molecular flexibility index (Phi) is 6.96. The molecule has 0 radical (unpaired) electrons. The van der Waals surface area contributed by atoms with Gasteiger partial charge in [0.05, 0.1) is 37.5 Å². The van der Waals surface area contributed by atoms with Gasteiger partial charge in [-0.25, -0.2) is 29.1 Å². The van der Waals surface area contributed by atoms with Crippen LogP contribution in [-0.4, -0.2) is 93.6 Å². The largest absolute Gasteiger partial charge is 0.472 e. The molecule has 2 bridgehead atoms. The minimum absolute atomic E-state index is 0.0147. The molecule has 4 aliphatic rings. The fourth-order valence-corrected chi connectivity index (χ4v) is 9.56. The highest BCUT2D eigenvalue weighted by Crippen LogP contribution is 2.70. The maximum absolute atomic E-state index is 13.6. The van der Waals surface area contributed by atoms with E-state index in [1.807, 2.05) is 11.5 Å². The Morgan fingerprint density at radius 1 is 1.02 bits per heavy atom. The van der Waals surface area contributed by atoms with Crippen LogP contribution in [0.2, 0.25) is 0 Å². The number of imidazole rings is 2. The number of methoxy groups -OCH3 is 1. The molecule has 0 spiro atoms. The van der Waals surface area contributed by atoms with Gasteiger partial charge in [-0.15, -0.1) is 0 Å². The topological polar surface area (TPSA) is 289 Å². The highest BCUT2D eigenvalue weighted by molar-refractivity contribution is 7.47. The Bertz CT molecular complexity index is 2060. The van der Waals surface area contributed by atoms with Gasteiger partial charge in [-0.3, -0.25) is 32.4 Å². The number of rotatable bonds is 3. The number of H-pyrrole nitrogens is 1. The maximum atomic E-state index is 13.6. The highest BCUT2D eigenvalue weighted by atomic mass is 31.2. The second-order valence-corrected chi connectivity index (χ2v) is 14.8. The highest BCUT2D eigenvalue weighted by Gasteiger charge is 2.72.